The van der Waals surface area contributed by atoms with E-state index in [0.29, 0.717) is 0 Å². The van der Waals surface area contributed by atoms with E-state index in [2.05, 4.69) is 30.2 Å². The maximum absolute atomic E-state index is 4.18. The van der Waals surface area contributed by atoms with Crippen molar-refractivity contribution >= 4 is 17.8 Å². The van der Waals surface area contributed by atoms with Crippen LogP contribution in [0.1, 0.15) is 32.4 Å². The maximum atomic E-state index is 4.18. The van der Waals surface area contributed by atoms with Gasteiger partial charge in [-0.05, 0) is 42.2 Å². The molecule has 0 fully saturated rings. The molecule has 1 aromatic carbocycles. The summed E-state index contributed by atoms with van der Waals surface area (Å²) in [5.74, 6) is 1.17. The lowest BCUT2D eigenvalue weighted by Crippen LogP contribution is -1.93. The molecule has 0 bridgehead atoms. The third-order valence-electron chi connectivity index (χ3n) is 2.71. The third-order valence-corrected chi connectivity index (χ3v) is 3.78. The van der Waals surface area contributed by atoms with Gasteiger partial charge in [-0.3, -0.25) is 0 Å². The number of rotatable bonds is 6. The molecule has 4 heteroatoms. The maximum Gasteiger partial charge on any atom is 0.107 e. The van der Waals surface area contributed by atoms with E-state index < -0.39 is 0 Å². The average molecular weight is 273 g/mol. The van der Waals surface area contributed by atoms with Crippen LogP contribution in [0.2, 0.25) is 0 Å². The minimum absolute atomic E-state index is 0.908. The molecular weight excluding hydrogens is 254 g/mol. The Bertz CT molecular complexity index is 531. The first-order valence-corrected chi connectivity index (χ1v) is 7.57. The van der Waals surface area contributed by atoms with Crippen LogP contribution in [0.25, 0.3) is 11.8 Å². The molecule has 1 heterocycles. The Morgan fingerprint density at radius 1 is 1.32 bits per heavy atom. The molecule has 100 valence electrons. The van der Waals surface area contributed by atoms with Crippen molar-refractivity contribution in [1.29, 1.82) is 0 Å². The van der Waals surface area contributed by atoms with Gasteiger partial charge in [-0.25, -0.2) is 4.68 Å². The fourth-order valence-corrected chi connectivity index (χ4v) is 2.64. The molecule has 0 unspecified atom stereocenters. The van der Waals surface area contributed by atoms with Crippen molar-refractivity contribution in [2.24, 2.45) is 0 Å². The van der Waals surface area contributed by atoms with E-state index in [-0.39, 0.29) is 0 Å². The molecule has 2 aromatic rings. The first kappa shape index (κ1) is 13.9. The van der Waals surface area contributed by atoms with Crippen molar-refractivity contribution < 1.29 is 0 Å². The van der Waals surface area contributed by atoms with Crippen LogP contribution >= 0.6 is 11.8 Å². The van der Waals surface area contributed by atoms with Gasteiger partial charge in [0.2, 0.25) is 0 Å². The number of hydrogen-bond donors (Lipinski definition) is 0. The van der Waals surface area contributed by atoms with E-state index in [4.69, 9.17) is 0 Å². The van der Waals surface area contributed by atoms with Gasteiger partial charge in [0.1, 0.15) is 5.69 Å². The Labute approximate surface area is 118 Å². The Kier molecular flexibility index (Phi) is 5.21. The highest BCUT2D eigenvalue weighted by Gasteiger charge is 2.00. The van der Waals surface area contributed by atoms with Crippen LogP contribution < -0.4 is 0 Å². The summed E-state index contributed by atoms with van der Waals surface area (Å²) in [5.41, 5.74) is 1.94. The molecule has 0 aliphatic rings. The van der Waals surface area contributed by atoms with Gasteiger partial charge < -0.3 is 0 Å². The number of benzene rings is 1. The Morgan fingerprint density at radius 3 is 2.84 bits per heavy atom. The van der Waals surface area contributed by atoms with Crippen molar-refractivity contribution in [1.82, 2.24) is 15.0 Å². The summed E-state index contributed by atoms with van der Waals surface area (Å²) in [6, 6.07) is 10.0. The SMILES string of the molecule is CCCCS/C(C)=C\c1cn(-c2ccccc2)nn1. The van der Waals surface area contributed by atoms with Crippen LogP contribution in [0.3, 0.4) is 0 Å². The second kappa shape index (κ2) is 7.14. The summed E-state index contributed by atoms with van der Waals surface area (Å²) in [4.78, 5) is 1.29. The zero-order valence-electron chi connectivity index (χ0n) is 11.4. The largest absolute Gasteiger partial charge is 0.220 e. The predicted octanol–water partition coefficient (Wildman–Crippen LogP) is 4.16. The molecule has 0 saturated carbocycles. The summed E-state index contributed by atoms with van der Waals surface area (Å²) in [6.45, 7) is 4.34. The molecule has 0 N–H and O–H groups in total. The molecule has 0 amide bonds. The first-order chi connectivity index (χ1) is 9.29. The van der Waals surface area contributed by atoms with Crippen LogP contribution in [-0.2, 0) is 0 Å². The second-order valence-corrected chi connectivity index (χ2v) is 5.72. The molecular formula is C15H19N3S. The smallest absolute Gasteiger partial charge is 0.107 e. The number of aromatic nitrogens is 3. The van der Waals surface area contributed by atoms with Crippen LogP contribution in [-0.4, -0.2) is 20.7 Å². The summed E-state index contributed by atoms with van der Waals surface area (Å²) in [7, 11) is 0. The van der Waals surface area contributed by atoms with E-state index in [0.717, 1.165) is 11.4 Å². The van der Waals surface area contributed by atoms with Gasteiger partial charge in [-0.1, -0.05) is 36.8 Å². The molecule has 0 aliphatic carbocycles. The van der Waals surface area contributed by atoms with Crippen LogP contribution in [0.4, 0.5) is 0 Å². The van der Waals surface area contributed by atoms with Gasteiger partial charge in [0.25, 0.3) is 0 Å². The molecule has 0 saturated heterocycles. The molecule has 3 nitrogen and oxygen atoms in total. The number of nitrogens with zero attached hydrogens (tertiary/aromatic N) is 3. The summed E-state index contributed by atoms with van der Waals surface area (Å²) < 4.78 is 1.80. The average Bonchev–Trinajstić information content (AvgIpc) is 2.88. The highest BCUT2D eigenvalue weighted by atomic mass is 32.2. The fourth-order valence-electron chi connectivity index (χ4n) is 1.68. The van der Waals surface area contributed by atoms with E-state index in [1.54, 1.807) is 4.68 Å². The van der Waals surface area contributed by atoms with Gasteiger partial charge in [-0.2, -0.15) is 0 Å². The van der Waals surface area contributed by atoms with Gasteiger partial charge >= 0.3 is 0 Å². The molecule has 19 heavy (non-hydrogen) atoms. The summed E-state index contributed by atoms with van der Waals surface area (Å²) in [5, 5.41) is 8.33. The minimum atomic E-state index is 0.908. The first-order valence-electron chi connectivity index (χ1n) is 6.58. The summed E-state index contributed by atoms with van der Waals surface area (Å²) in [6.07, 6.45) is 6.54. The molecule has 0 aliphatic heterocycles. The molecule has 0 atom stereocenters. The second-order valence-electron chi connectivity index (χ2n) is 4.38. The Balaban J connectivity index is 2.03. The normalized spacial score (nSPS) is 11.8. The molecule has 2 rings (SSSR count). The highest BCUT2D eigenvalue weighted by molar-refractivity contribution is 8.03. The van der Waals surface area contributed by atoms with E-state index in [1.165, 1.54) is 23.5 Å². The Hall–Kier alpha value is -1.55. The molecule has 1 aromatic heterocycles. The van der Waals surface area contributed by atoms with Gasteiger partial charge in [0.15, 0.2) is 0 Å². The summed E-state index contributed by atoms with van der Waals surface area (Å²) >= 11 is 1.88. The number of para-hydroxylation sites is 1. The van der Waals surface area contributed by atoms with E-state index in [1.807, 2.05) is 48.3 Å². The van der Waals surface area contributed by atoms with Crippen molar-refractivity contribution in [3.05, 3.63) is 47.1 Å². The third kappa shape index (κ3) is 4.24. The van der Waals surface area contributed by atoms with Crippen LogP contribution in [0.5, 0.6) is 0 Å². The van der Waals surface area contributed by atoms with E-state index >= 15 is 0 Å². The number of hydrogen-bond acceptors (Lipinski definition) is 3. The topological polar surface area (TPSA) is 30.7 Å². The monoisotopic (exact) mass is 273 g/mol. The van der Waals surface area contributed by atoms with E-state index in [9.17, 15) is 0 Å². The van der Waals surface area contributed by atoms with Crippen molar-refractivity contribution in [3.8, 4) is 5.69 Å². The number of allylic oxidation sites excluding steroid dienone is 1. The molecule has 0 radical (unpaired) electrons. The van der Waals surface area contributed by atoms with Crippen molar-refractivity contribution in [2.45, 2.75) is 26.7 Å². The van der Waals surface area contributed by atoms with Crippen molar-refractivity contribution in [3.63, 3.8) is 0 Å². The minimum Gasteiger partial charge on any atom is -0.220 e. The van der Waals surface area contributed by atoms with Gasteiger partial charge in [-0.15, -0.1) is 16.9 Å². The lowest BCUT2D eigenvalue weighted by Gasteiger charge is -1.98. The van der Waals surface area contributed by atoms with Gasteiger partial charge in [0, 0.05) is 0 Å². The highest BCUT2D eigenvalue weighted by Crippen LogP contribution is 2.19. The fraction of sp³-hybridized carbons (Fsp3) is 0.333. The zero-order chi connectivity index (χ0) is 13.5. The van der Waals surface area contributed by atoms with Gasteiger partial charge in [0.05, 0.1) is 11.9 Å². The lowest BCUT2D eigenvalue weighted by molar-refractivity contribution is 0.802. The van der Waals surface area contributed by atoms with Crippen molar-refractivity contribution in [2.75, 3.05) is 5.75 Å². The van der Waals surface area contributed by atoms with Crippen LogP contribution in [0.15, 0.2) is 41.4 Å². The zero-order valence-corrected chi connectivity index (χ0v) is 12.2. The quantitative estimate of drug-likeness (QED) is 0.740. The number of thioether (sulfide) groups is 1. The number of unbranched alkanes of at least 4 members (excludes halogenated alkanes) is 1. The standard InChI is InChI=1S/C15H19N3S/c1-3-4-10-19-13(2)11-14-12-18(17-16-14)15-8-6-5-7-9-15/h5-9,11-12H,3-4,10H2,1-2H3/b13-11-. The van der Waals surface area contributed by atoms with Crippen LogP contribution in [0, 0.1) is 0 Å². The predicted molar refractivity (Wildman–Crippen MR) is 82.4 cm³/mol. The lowest BCUT2D eigenvalue weighted by atomic mass is 10.3. The Morgan fingerprint density at radius 2 is 2.11 bits per heavy atom. The molecule has 0 spiro atoms.